The van der Waals surface area contributed by atoms with Crippen LogP contribution in [0.4, 0.5) is 27.8 Å². The van der Waals surface area contributed by atoms with Gasteiger partial charge in [0.15, 0.2) is 0 Å². The van der Waals surface area contributed by atoms with E-state index in [2.05, 4.69) is 4.98 Å². The summed E-state index contributed by atoms with van der Waals surface area (Å²) in [6.07, 6.45) is -7.90. The van der Waals surface area contributed by atoms with Crippen molar-refractivity contribution >= 4 is 17.4 Å². The molecule has 1 aromatic heterocycles. The van der Waals surface area contributed by atoms with Gasteiger partial charge in [-0.2, -0.15) is 13.2 Å². The van der Waals surface area contributed by atoms with Crippen molar-refractivity contribution in [3.63, 3.8) is 0 Å². The fraction of sp³-hybridized carbons (Fsp3) is 0.375. The zero-order valence-electron chi connectivity index (χ0n) is 7.65. The Hall–Kier alpha value is -1.11. The zero-order chi connectivity index (χ0) is 12.5. The number of halogens is 6. The van der Waals surface area contributed by atoms with Gasteiger partial charge in [0.25, 0.3) is 6.43 Å². The molecule has 1 aromatic rings. The molecule has 1 rings (SSSR count). The summed E-state index contributed by atoms with van der Waals surface area (Å²) >= 11 is 5.31. The smallest absolute Gasteiger partial charge is 0.383 e. The van der Waals surface area contributed by atoms with Crippen LogP contribution in [0.15, 0.2) is 6.07 Å². The van der Waals surface area contributed by atoms with E-state index in [1.807, 2.05) is 0 Å². The molecule has 0 radical (unpaired) electrons. The standard InChI is InChI=1S/C8H6ClF5N2/c9-2-4-3(6(10)11)1-5(8(12,13)14)16-7(4)15/h1,6H,2H2,(H2,15,16). The Morgan fingerprint density at radius 2 is 1.94 bits per heavy atom. The van der Waals surface area contributed by atoms with Gasteiger partial charge in [-0.05, 0) is 6.07 Å². The highest BCUT2D eigenvalue weighted by molar-refractivity contribution is 6.17. The molecule has 2 N–H and O–H groups in total. The zero-order valence-corrected chi connectivity index (χ0v) is 8.41. The van der Waals surface area contributed by atoms with Crippen LogP contribution < -0.4 is 5.73 Å². The Morgan fingerprint density at radius 3 is 2.31 bits per heavy atom. The summed E-state index contributed by atoms with van der Waals surface area (Å²) in [5, 5.41) is 0. The first-order valence-corrected chi connectivity index (χ1v) is 4.51. The van der Waals surface area contributed by atoms with Gasteiger partial charge in [-0.1, -0.05) is 0 Å². The van der Waals surface area contributed by atoms with Gasteiger partial charge in [0.1, 0.15) is 11.5 Å². The third kappa shape index (κ3) is 2.52. The highest BCUT2D eigenvalue weighted by Crippen LogP contribution is 2.34. The molecule has 0 saturated carbocycles. The van der Waals surface area contributed by atoms with Gasteiger partial charge >= 0.3 is 6.18 Å². The average molecular weight is 261 g/mol. The highest BCUT2D eigenvalue weighted by Gasteiger charge is 2.34. The minimum atomic E-state index is -4.82. The van der Waals surface area contributed by atoms with Crippen molar-refractivity contribution < 1.29 is 22.0 Å². The maximum Gasteiger partial charge on any atom is 0.433 e. The van der Waals surface area contributed by atoms with E-state index in [0.29, 0.717) is 0 Å². The Kier molecular flexibility index (Phi) is 3.57. The molecule has 1 heterocycles. The van der Waals surface area contributed by atoms with Crippen LogP contribution >= 0.6 is 11.6 Å². The SMILES string of the molecule is Nc1nc(C(F)(F)F)cc(C(F)F)c1CCl. The molecule has 0 bridgehead atoms. The molecular formula is C8H6ClF5N2. The molecule has 0 amide bonds. The summed E-state index contributed by atoms with van der Waals surface area (Å²) in [5.74, 6) is -1.04. The molecule has 8 heteroatoms. The van der Waals surface area contributed by atoms with Crippen LogP contribution in [-0.2, 0) is 12.1 Å². The maximum atomic E-state index is 12.5. The normalized spacial score (nSPS) is 12.2. The Morgan fingerprint density at radius 1 is 1.38 bits per heavy atom. The van der Waals surface area contributed by atoms with E-state index in [9.17, 15) is 22.0 Å². The topological polar surface area (TPSA) is 38.9 Å². The molecular weight excluding hydrogens is 255 g/mol. The fourth-order valence-corrected chi connectivity index (χ4v) is 1.39. The molecule has 0 saturated heterocycles. The molecule has 16 heavy (non-hydrogen) atoms. The van der Waals surface area contributed by atoms with Gasteiger partial charge in [-0.15, -0.1) is 11.6 Å². The molecule has 0 aliphatic heterocycles. The van der Waals surface area contributed by atoms with E-state index in [0.717, 1.165) is 0 Å². The molecule has 0 fully saturated rings. The number of hydrogen-bond donors (Lipinski definition) is 1. The van der Waals surface area contributed by atoms with Crippen molar-refractivity contribution in [2.45, 2.75) is 18.5 Å². The molecule has 0 unspecified atom stereocenters. The highest BCUT2D eigenvalue weighted by atomic mass is 35.5. The van der Waals surface area contributed by atoms with Gasteiger partial charge in [-0.25, -0.2) is 13.8 Å². The molecule has 2 nitrogen and oxygen atoms in total. The minimum Gasteiger partial charge on any atom is -0.383 e. The predicted molar refractivity (Wildman–Crippen MR) is 48.2 cm³/mol. The second kappa shape index (κ2) is 4.40. The van der Waals surface area contributed by atoms with Gasteiger partial charge < -0.3 is 5.73 Å². The van der Waals surface area contributed by atoms with Crippen LogP contribution in [0.3, 0.4) is 0 Å². The van der Waals surface area contributed by atoms with E-state index in [4.69, 9.17) is 17.3 Å². The molecule has 90 valence electrons. The summed E-state index contributed by atoms with van der Waals surface area (Å²) in [7, 11) is 0. The van der Waals surface area contributed by atoms with Crippen LogP contribution in [0.1, 0.15) is 23.2 Å². The number of rotatable bonds is 2. The molecule has 0 aliphatic carbocycles. The lowest BCUT2D eigenvalue weighted by atomic mass is 10.1. The van der Waals surface area contributed by atoms with Crippen molar-refractivity contribution in [1.82, 2.24) is 4.98 Å². The van der Waals surface area contributed by atoms with Crippen LogP contribution in [0.5, 0.6) is 0 Å². The number of pyridine rings is 1. The monoisotopic (exact) mass is 260 g/mol. The number of nitrogen functional groups attached to an aromatic ring is 1. The van der Waals surface area contributed by atoms with Crippen molar-refractivity contribution in [3.8, 4) is 0 Å². The Labute approximate surface area is 92.2 Å². The third-order valence-corrected chi connectivity index (χ3v) is 2.12. The van der Waals surface area contributed by atoms with E-state index < -0.39 is 35.6 Å². The van der Waals surface area contributed by atoms with Crippen molar-refractivity contribution in [1.29, 1.82) is 0 Å². The third-order valence-electron chi connectivity index (χ3n) is 1.85. The Bertz CT molecular complexity index is 391. The van der Waals surface area contributed by atoms with Gasteiger partial charge in [0, 0.05) is 11.1 Å². The molecule has 0 atom stereocenters. The van der Waals surface area contributed by atoms with Gasteiger partial charge in [0.05, 0.1) is 5.88 Å². The first-order valence-electron chi connectivity index (χ1n) is 3.98. The Balaban J connectivity index is 3.40. The predicted octanol–water partition coefficient (Wildman–Crippen LogP) is 3.36. The number of aromatic nitrogens is 1. The first kappa shape index (κ1) is 13.0. The van der Waals surface area contributed by atoms with Crippen LogP contribution in [0, 0.1) is 0 Å². The van der Waals surface area contributed by atoms with Crippen LogP contribution in [0.25, 0.3) is 0 Å². The number of alkyl halides is 6. The van der Waals surface area contributed by atoms with E-state index in [1.54, 1.807) is 0 Å². The lowest BCUT2D eigenvalue weighted by Crippen LogP contribution is -2.13. The molecule has 0 aromatic carbocycles. The van der Waals surface area contributed by atoms with Gasteiger partial charge in [0.2, 0.25) is 0 Å². The first-order chi connectivity index (χ1) is 7.27. The summed E-state index contributed by atoms with van der Waals surface area (Å²) in [6.45, 7) is 0. The van der Waals surface area contributed by atoms with Crippen molar-refractivity contribution in [3.05, 3.63) is 22.9 Å². The second-order valence-corrected chi connectivity index (χ2v) is 3.16. The summed E-state index contributed by atoms with van der Waals surface area (Å²) in [4.78, 5) is 2.99. The summed E-state index contributed by atoms with van der Waals surface area (Å²) in [6, 6.07) is 0.263. The fourth-order valence-electron chi connectivity index (χ4n) is 1.10. The summed E-state index contributed by atoms with van der Waals surface area (Å²) in [5.41, 5.74) is 2.58. The number of anilines is 1. The number of nitrogens with zero attached hydrogens (tertiary/aromatic N) is 1. The second-order valence-electron chi connectivity index (χ2n) is 2.89. The van der Waals surface area contributed by atoms with Crippen molar-refractivity contribution in [2.24, 2.45) is 0 Å². The summed E-state index contributed by atoms with van der Waals surface area (Å²) < 4.78 is 61.7. The van der Waals surface area contributed by atoms with E-state index in [1.165, 1.54) is 0 Å². The van der Waals surface area contributed by atoms with Crippen LogP contribution in [0.2, 0.25) is 0 Å². The average Bonchev–Trinajstić information content (AvgIpc) is 2.14. The quantitative estimate of drug-likeness (QED) is 0.654. The lowest BCUT2D eigenvalue weighted by Gasteiger charge is -2.13. The largest absolute Gasteiger partial charge is 0.433 e. The van der Waals surface area contributed by atoms with E-state index in [-0.39, 0.29) is 11.6 Å². The van der Waals surface area contributed by atoms with Crippen molar-refractivity contribution in [2.75, 3.05) is 5.73 Å². The lowest BCUT2D eigenvalue weighted by molar-refractivity contribution is -0.141. The molecule has 0 spiro atoms. The minimum absolute atomic E-state index is 0.263. The van der Waals surface area contributed by atoms with Gasteiger partial charge in [-0.3, -0.25) is 0 Å². The number of hydrogen-bond acceptors (Lipinski definition) is 2. The van der Waals surface area contributed by atoms with Crippen LogP contribution in [-0.4, -0.2) is 4.98 Å². The molecule has 0 aliphatic rings. The van der Waals surface area contributed by atoms with E-state index >= 15 is 0 Å². The maximum absolute atomic E-state index is 12.5. The number of nitrogens with two attached hydrogens (primary N) is 1.